The highest BCUT2D eigenvalue weighted by atomic mass is 16.3. The number of phenols is 1. The number of hydrogen-bond acceptors (Lipinski definition) is 2. The number of phenolic OH excluding ortho intramolecular Hbond substituents is 1. The fraction of sp³-hybridized carbons (Fsp3) is 0.273. The lowest BCUT2D eigenvalue weighted by atomic mass is 10.1. The highest BCUT2D eigenvalue weighted by molar-refractivity contribution is 5.60. The van der Waals surface area contributed by atoms with Crippen LogP contribution < -0.4 is 5.32 Å². The molecule has 0 aromatic heterocycles. The molecule has 0 heterocycles. The molecule has 70 valence electrons. The lowest BCUT2D eigenvalue weighted by Crippen LogP contribution is -2.03. The predicted octanol–water partition coefficient (Wildman–Crippen LogP) is 1.93. The SMILES string of the molecule is CNCC=Cc1c(C)cccc1O. The van der Waals surface area contributed by atoms with E-state index in [9.17, 15) is 5.11 Å². The van der Waals surface area contributed by atoms with Crippen molar-refractivity contribution in [3.8, 4) is 5.75 Å². The molecule has 0 saturated carbocycles. The summed E-state index contributed by atoms with van der Waals surface area (Å²) in [5.74, 6) is 0.340. The van der Waals surface area contributed by atoms with E-state index in [4.69, 9.17) is 0 Å². The van der Waals surface area contributed by atoms with E-state index in [0.29, 0.717) is 5.75 Å². The summed E-state index contributed by atoms with van der Waals surface area (Å²) >= 11 is 0. The minimum atomic E-state index is 0.340. The number of benzene rings is 1. The first-order chi connectivity index (χ1) is 6.25. The lowest BCUT2D eigenvalue weighted by molar-refractivity contribution is 0.473. The molecule has 0 saturated heterocycles. The number of aryl methyl sites for hydroxylation is 1. The number of likely N-dealkylation sites (N-methyl/N-ethyl adjacent to an activating group) is 1. The molecule has 0 fully saturated rings. The molecule has 0 bridgehead atoms. The van der Waals surface area contributed by atoms with Gasteiger partial charge in [-0.15, -0.1) is 0 Å². The van der Waals surface area contributed by atoms with Gasteiger partial charge in [-0.05, 0) is 25.6 Å². The Morgan fingerprint density at radius 3 is 2.85 bits per heavy atom. The molecule has 0 aliphatic carbocycles. The summed E-state index contributed by atoms with van der Waals surface area (Å²) in [5, 5.41) is 12.5. The van der Waals surface area contributed by atoms with Crippen LogP contribution in [0.5, 0.6) is 5.75 Å². The maximum Gasteiger partial charge on any atom is 0.123 e. The van der Waals surface area contributed by atoms with Gasteiger partial charge in [0, 0.05) is 12.1 Å². The third kappa shape index (κ3) is 2.60. The molecular formula is C11H15NO. The van der Waals surface area contributed by atoms with E-state index in [1.165, 1.54) is 0 Å². The van der Waals surface area contributed by atoms with E-state index in [2.05, 4.69) is 5.32 Å². The number of nitrogens with one attached hydrogen (secondary N) is 1. The lowest BCUT2D eigenvalue weighted by Gasteiger charge is -2.02. The van der Waals surface area contributed by atoms with E-state index >= 15 is 0 Å². The van der Waals surface area contributed by atoms with Crippen molar-refractivity contribution in [2.45, 2.75) is 6.92 Å². The topological polar surface area (TPSA) is 32.3 Å². The first kappa shape index (κ1) is 9.81. The highest BCUT2D eigenvalue weighted by Gasteiger charge is 1.98. The maximum absolute atomic E-state index is 9.52. The van der Waals surface area contributed by atoms with Crippen LogP contribution in [-0.4, -0.2) is 18.7 Å². The van der Waals surface area contributed by atoms with Crippen molar-refractivity contribution < 1.29 is 5.11 Å². The van der Waals surface area contributed by atoms with Gasteiger partial charge in [-0.1, -0.05) is 24.3 Å². The Kier molecular flexibility index (Phi) is 3.53. The van der Waals surface area contributed by atoms with Gasteiger partial charge in [-0.3, -0.25) is 0 Å². The van der Waals surface area contributed by atoms with Gasteiger partial charge in [0.2, 0.25) is 0 Å². The fourth-order valence-electron chi connectivity index (χ4n) is 1.18. The Labute approximate surface area is 78.9 Å². The zero-order valence-corrected chi connectivity index (χ0v) is 8.04. The second-order valence-electron chi connectivity index (χ2n) is 2.97. The third-order valence-electron chi connectivity index (χ3n) is 1.91. The van der Waals surface area contributed by atoms with Crippen LogP contribution in [0.15, 0.2) is 24.3 Å². The van der Waals surface area contributed by atoms with E-state index in [0.717, 1.165) is 17.7 Å². The molecule has 0 aliphatic heterocycles. The fourth-order valence-corrected chi connectivity index (χ4v) is 1.18. The first-order valence-corrected chi connectivity index (χ1v) is 4.35. The van der Waals surface area contributed by atoms with Crippen LogP contribution in [0.4, 0.5) is 0 Å². The van der Waals surface area contributed by atoms with Gasteiger partial charge >= 0.3 is 0 Å². The van der Waals surface area contributed by atoms with Gasteiger partial charge in [0.1, 0.15) is 5.75 Å². The molecule has 0 spiro atoms. The van der Waals surface area contributed by atoms with Crippen LogP contribution in [0.2, 0.25) is 0 Å². The van der Waals surface area contributed by atoms with Crippen LogP contribution in [0.3, 0.4) is 0 Å². The zero-order valence-electron chi connectivity index (χ0n) is 8.04. The average molecular weight is 177 g/mol. The number of hydrogen-bond donors (Lipinski definition) is 2. The van der Waals surface area contributed by atoms with E-state index < -0.39 is 0 Å². The summed E-state index contributed by atoms with van der Waals surface area (Å²) in [6, 6.07) is 5.53. The van der Waals surface area contributed by atoms with Gasteiger partial charge in [0.15, 0.2) is 0 Å². The molecule has 0 amide bonds. The Hall–Kier alpha value is -1.28. The average Bonchev–Trinajstić information content (AvgIpc) is 2.10. The smallest absolute Gasteiger partial charge is 0.123 e. The van der Waals surface area contributed by atoms with Crippen molar-refractivity contribution in [3.63, 3.8) is 0 Å². The van der Waals surface area contributed by atoms with E-state index in [-0.39, 0.29) is 0 Å². The second kappa shape index (κ2) is 4.67. The van der Waals surface area contributed by atoms with Crippen LogP contribution in [0.25, 0.3) is 6.08 Å². The normalized spacial score (nSPS) is 10.9. The zero-order chi connectivity index (χ0) is 9.68. The van der Waals surface area contributed by atoms with Gasteiger partial charge in [0.05, 0.1) is 0 Å². The first-order valence-electron chi connectivity index (χ1n) is 4.35. The third-order valence-corrected chi connectivity index (χ3v) is 1.91. The van der Waals surface area contributed by atoms with Crippen molar-refractivity contribution in [1.29, 1.82) is 0 Å². The van der Waals surface area contributed by atoms with Gasteiger partial charge < -0.3 is 10.4 Å². The van der Waals surface area contributed by atoms with Crippen molar-refractivity contribution in [1.82, 2.24) is 5.32 Å². The number of rotatable bonds is 3. The summed E-state index contributed by atoms with van der Waals surface area (Å²) in [6.07, 6.45) is 3.92. The summed E-state index contributed by atoms with van der Waals surface area (Å²) < 4.78 is 0. The van der Waals surface area contributed by atoms with E-state index in [1.54, 1.807) is 6.07 Å². The largest absolute Gasteiger partial charge is 0.507 e. The van der Waals surface area contributed by atoms with Crippen molar-refractivity contribution in [2.24, 2.45) is 0 Å². The van der Waals surface area contributed by atoms with Crippen LogP contribution in [-0.2, 0) is 0 Å². The van der Waals surface area contributed by atoms with Crippen molar-refractivity contribution in [3.05, 3.63) is 35.4 Å². The highest BCUT2D eigenvalue weighted by Crippen LogP contribution is 2.21. The molecule has 1 rings (SSSR count). The Bertz CT molecular complexity index is 285. The van der Waals surface area contributed by atoms with Crippen LogP contribution in [0.1, 0.15) is 11.1 Å². The molecule has 1 aromatic rings. The molecular weight excluding hydrogens is 162 g/mol. The summed E-state index contributed by atoms with van der Waals surface area (Å²) in [6.45, 7) is 2.80. The van der Waals surface area contributed by atoms with Gasteiger partial charge in [-0.25, -0.2) is 0 Å². The van der Waals surface area contributed by atoms with Crippen molar-refractivity contribution in [2.75, 3.05) is 13.6 Å². The van der Waals surface area contributed by atoms with Gasteiger partial charge in [-0.2, -0.15) is 0 Å². The summed E-state index contributed by atoms with van der Waals surface area (Å²) in [7, 11) is 1.89. The quantitative estimate of drug-likeness (QED) is 0.739. The van der Waals surface area contributed by atoms with Gasteiger partial charge in [0.25, 0.3) is 0 Å². The molecule has 1 aromatic carbocycles. The Morgan fingerprint density at radius 2 is 2.23 bits per heavy atom. The minimum Gasteiger partial charge on any atom is -0.507 e. The molecule has 0 aliphatic rings. The molecule has 2 nitrogen and oxygen atoms in total. The molecule has 2 N–H and O–H groups in total. The monoisotopic (exact) mass is 177 g/mol. The Balaban J connectivity index is 2.87. The standard InChI is InChI=1S/C11H15NO/c1-9-5-3-7-11(13)10(9)6-4-8-12-2/h3-7,12-13H,8H2,1-2H3. The number of aromatic hydroxyl groups is 1. The molecule has 0 radical (unpaired) electrons. The van der Waals surface area contributed by atoms with Crippen LogP contribution in [0, 0.1) is 6.92 Å². The molecule has 13 heavy (non-hydrogen) atoms. The summed E-state index contributed by atoms with van der Waals surface area (Å²) in [5.41, 5.74) is 1.99. The van der Waals surface area contributed by atoms with E-state index in [1.807, 2.05) is 38.3 Å². The molecule has 0 unspecified atom stereocenters. The molecule has 2 heteroatoms. The maximum atomic E-state index is 9.52. The Morgan fingerprint density at radius 1 is 1.46 bits per heavy atom. The predicted molar refractivity (Wildman–Crippen MR) is 55.8 cm³/mol. The van der Waals surface area contributed by atoms with Crippen molar-refractivity contribution >= 4 is 6.08 Å². The molecule has 0 atom stereocenters. The van der Waals surface area contributed by atoms with Crippen LogP contribution >= 0.6 is 0 Å². The minimum absolute atomic E-state index is 0.340. The summed E-state index contributed by atoms with van der Waals surface area (Å²) in [4.78, 5) is 0. The second-order valence-corrected chi connectivity index (χ2v) is 2.97.